The molecule has 0 aliphatic carbocycles. The first kappa shape index (κ1) is 33.9. The number of aromatic hydroxyl groups is 1. The number of aromatic amines is 1. The summed E-state index contributed by atoms with van der Waals surface area (Å²) in [6.45, 7) is 5.34. The number of aliphatic hydroxyl groups is 1. The van der Waals surface area contributed by atoms with Crippen LogP contribution in [0.25, 0.3) is 10.9 Å². The number of carboxylic acids is 1. The molecular weight excluding hydrogens is 581 g/mol. The second-order valence-electron chi connectivity index (χ2n) is 10.7. The highest BCUT2D eigenvalue weighted by molar-refractivity contribution is 5.87. The summed E-state index contributed by atoms with van der Waals surface area (Å²) in [5, 5.41) is 35.1. The molecule has 0 fully saturated rings. The maximum Gasteiger partial charge on any atom is 0.490 e. The minimum Gasteiger partial charge on any atom is -0.506 e. The number of phenolic OH excluding ortho intramolecular Hbond substituents is 1. The first-order chi connectivity index (χ1) is 20.6. The molecule has 8 N–H and O–H groups in total. The number of carboxylic acid groups (broad SMARTS) is 1. The zero-order chi connectivity index (χ0) is 32.5. The molecule has 0 bridgehead atoms. The van der Waals surface area contributed by atoms with Crippen molar-refractivity contribution in [2.75, 3.05) is 25.0 Å². The Morgan fingerprint density at radius 3 is 2.14 bits per heavy atom. The van der Waals surface area contributed by atoms with Gasteiger partial charge in [0.2, 0.25) is 5.56 Å². The van der Waals surface area contributed by atoms with Crippen LogP contribution in [-0.2, 0) is 11.2 Å². The van der Waals surface area contributed by atoms with Gasteiger partial charge in [0.05, 0.1) is 11.6 Å². The topological polar surface area (TPSA) is 170 Å². The van der Waals surface area contributed by atoms with Gasteiger partial charge in [-0.05, 0) is 86.5 Å². The van der Waals surface area contributed by atoms with Crippen LogP contribution < -0.4 is 26.7 Å². The van der Waals surface area contributed by atoms with Gasteiger partial charge in [0, 0.05) is 34.9 Å². The Bertz CT molecular complexity index is 1580. The van der Waals surface area contributed by atoms with Crippen LogP contribution in [0.5, 0.6) is 11.5 Å². The number of benzene rings is 3. The van der Waals surface area contributed by atoms with E-state index in [4.69, 9.17) is 20.4 Å². The van der Waals surface area contributed by atoms with Crippen molar-refractivity contribution in [3.05, 3.63) is 94.3 Å². The molecule has 236 valence electrons. The number of halogens is 3. The third kappa shape index (κ3) is 10.6. The fraction of sp³-hybridized carbons (Fsp3) is 0.290. The minimum atomic E-state index is -5.08. The van der Waals surface area contributed by atoms with Crippen molar-refractivity contribution < 1.29 is 38.0 Å². The molecule has 4 rings (SSSR count). The minimum absolute atomic E-state index is 0.0211. The van der Waals surface area contributed by atoms with E-state index < -0.39 is 18.2 Å². The molecule has 0 saturated heterocycles. The molecule has 0 aliphatic rings. The Labute approximate surface area is 251 Å². The maximum atomic E-state index is 11.6. The first-order valence-corrected chi connectivity index (χ1v) is 13.5. The average Bonchev–Trinajstić information content (AvgIpc) is 2.95. The summed E-state index contributed by atoms with van der Waals surface area (Å²) in [5.74, 6) is -2.00. The molecule has 3 aromatic carbocycles. The monoisotopic (exact) mass is 616 g/mol. The van der Waals surface area contributed by atoms with E-state index in [9.17, 15) is 28.2 Å². The molecule has 1 atom stereocenters. The molecule has 0 saturated carbocycles. The molecule has 13 heteroatoms. The van der Waals surface area contributed by atoms with Gasteiger partial charge in [-0.15, -0.1) is 0 Å². The van der Waals surface area contributed by atoms with Crippen LogP contribution in [0, 0.1) is 0 Å². The number of hydrogen-bond acceptors (Lipinski definition) is 8. The fourth-order valence-electron chi connectivity index (χ4n) is 3.96. The van der Waals surface area contributed by atoms with Crippen LogP contribution >= 0.6 is 0 Å². The summed E-state index contributed by atoms with van der Waals surface area (Å²) in [4.78, 5) is 23.1. The lowest BCUT2D eigenvalue weighted by atomic mass is 10.0. The van der Waals surface area contributed by atoms with Crippen molar-refractivity contribution in [1.29, 1.82) is 0 Å². The summed E-state index contributed by atoms with van der Waals surface area (Å²) in [6.07, 6.45) is -5.06. The van der Waals surface area contributed by atoms with Gasteiger partial charge in [-0.3, -0.25) is 4.79 Å². The van der Waals surface area contributed by atoms with E-state index in [2.05, 4.69) is 27.8 Å². The van der Waals surface area contributed by atoms with Gasteiger partial charge in [0.15, 0.2) is 0 Å². The molecule has 10 nitrogen and oxygen atoms in total. The molecule has 0 radical (unpaired) electrons. The Balaban J connectivity index is 0.000000676. The second-order valence-corrected chi connectivity index (χ2v) is 10.7. The van der Waals surface area contributed by atoms with Gasteiger partial charge in [0.1, 0.15) is 18.1 Å². The van der Waals surface area contributed by atoms with Crippen molar-refractivity contribution in [2.45, 2.75) is 38.1 Å². The largest absolute Gasteiger partial charge is 0.506 e. The summed E-state index contributed by atoms with van der Waals surface area (Å²) < 4.78 is 37.4. The third-order valence-corrected chi connectivity index (χ3v) is 6.14. The van der Waals surface area contributed by atoms with E-state index >= 15 is 0 Å². The van der Waals surface area contributed by atoms with Crippen molar-refractivity contribution in [3.63, 3.8) is 0 Å². The van der Waals surface area contributed by atoms with Crippen LogP contribution in [0.15, 0.2) is 77.6 Å². The van der Waals surface area contributed by atoms with E-state index in [0.717, 1.165) is 23.5 Å². The van der Waals surface area contributed by atoms with Crippen LogP contribution in [0.1, 0.15) is 31.1 Å². The summed E-state index contributed by atoms with van der Waals surface area (Å²) in [5.41, 5.74) is 9.39. The number of hydrogen-bond donors (Lipinski definition) is 7. The number of alkyl halides is 3. The van der Waals surface area contributed by atoms with E-state index in [-0.39, 0.29) is 16.8 Å². The number of pyridine rings is 1. The third-order valence-electron chi connectivity index (χ3n) is 6.14. The number of aliphatic hydroxyl groups excluding tert-OH is 1. The second kappa shape index (κ2) is 14.7. The molecule has 1 heterocycles. The van der Waals surface area contributed by atoms with Crippen molar-refractivity contribution in [3.8, 4) is 11.5 Å². The number of rotatable bonds is 11. The average molecular weight is 617 g/mol. The van der Waals surface area contributed by atoms with Crippen molar-refractivity contribution in [1.82, 2.24) is 10.3 Å². The van der Waals surface area contributed by atoms with Crippen molar-refractivity contribution >= 4 is 28.2 Å². The van der Waals surface area contributed by atoms with Gasteiger partial charge in [-0.25, -0.2) is 4.79 Å². The standard InChI is InChI=1S/C29H34N4O4.C2HF3O2/c1-29(2,30)18-37-22-9-7-21(8-10-22)32-20-5-3-19(4-6-20)15-16-31-17-26(35)23-11-13-25(34)28-24(23)12-14-27(36)33-28;3-2(4,5)1(6)7/h3-14,26,31-32,34-35H,15-18,30H2,1-2H3,(H,33,36);(H,6,7)/t26-;/m0./s1. The summed E-state index contributed by atoms with van der Waals surface area (Å²) >= 11 is 0. The molecule has 4 aromatic rings. The number of aliphatic carboxylic acids is 1. The lowest BCUT2D eigenvalue weighted by molar-refractivity contribution is -0.192. The Kier molecular flexibility index (Phi) is 11.4. The number of carbonyl (C=O) groups is 1. The van der Waals surface area contributed by atoms with E-state index in [1.807, 2.05) is 50.2 Å². The molecular formula is C31H35F3N4O6. The van der Waals surface area contributed by atoms with Gasteiger partial charge in [-0.2, -0.15) is 13.2 Å². The van der Waals surface area contributed by atoms with Gasteiger partial charge in [-0.1, -0.05) is 18.2 Å². The van der Waals surface area contributed by atoms with Gasteiger partial charge >= 0.3 is 12.1 Å². The number of fused-ring (bicyclic) bond motifs is 1. The van der Waals surface area contributed by atoms with Crippen LogP contribution in [0.3, 0.4) is 0 Å². The van der Waals surface area contributed by atoms with E-state index in [1.54, 1.807) is 12.1 Å². The van der Waals surface area contributed by atoms with Crippen LogP contribution in [-0.4, -0.2) is 57.7 Å². The quantitative estimate of drug-likeness (QED) is 0.119. The fourth-order valence-corrected chi connectivity index (χ4v) is 3.96. The van der Waals surface area contributed by atoms with Gasteiger partial charge < -0.3 is 41.4 Å². The zero-order valence-corrected chi connectivity index (χ0v) is 24.1. The number of phenols is 1. The molecule has 0 aliphatic heterocycles. The first-order valence-electron chi connectivity index (χ1n) is 13.5. The smallest absolute Gasteiger partial charge is 0.490 e. The van der Waals surface area contributed by atoms with Crippen LogP contribution in [0.2, 0.25) is 0 Å². The van der Waals surface area contributed by atoms with Crippen molar-refractivity contribution in [2.24, 2.45) is 5.73 Å². The Morgan fingerprint density at radius 2 is 1.57 bits per heavy atom. The lowest BCUT2D eigenvalue weighted by Crippen LogP contribution is -2.38. The SMILES string of the molecule is CC(C)(N)COc1ccc(Nc2ccc(CCNC[C@H](O)c3ccc(O)c4[nH]c(=O)ccc34)cc2)cc1.O=C(O)C(F)(F)F. The number of nitrogens with two attached hydrogens (primary N) is 1. The molecule has 44 heavy (non-hydrogen) atoms. The van der Waals surface area contributed by atoms with Crippen LogP contribution in [0.4, 0.5) is 24.5 Å². The molecule has 0 spiro atoms. The number of H-pyrrole nitrogens is 1. The van der Waals surface area contributed by atoms with E-state index in [1.165, 1.54) is 17.7 Å². The maximum absolute atomic E-state index is 11.6. The summed E-state index contributed by atoms with van der Waals surface area (Å²) in [7, 11) is 0. The Hall–Kier alpha value is -4.59. The molecule has 0 amide bonds. The molecule has 1 aromatic heterocycles. The highest BCUT2D eigenvalue weighted by Crippen LogP contribution is 2.28. The number of ether oxygens (including phenoxy) is 1. The normalized spacial score (nSPS) is 12.2. The Morgan fingerprint density at radius 1 is 0.977 bits per heavy atom. The highest BCUT2D eigenvalue weighted by atomic mass is 19.4. The predicted molar refractivity (Wildman–Crippen MR) is 161 cm³/mol. The summed E-state index contributed by atoms with van der Waals surface area (Å²) in [6, 6.07) is 22.2. The number of aromatic nitrogens is 1. The predicted octanol–water partition coefficient (Wildman–Crippen LogP) is 4.59. The number of nitrogens with one attached hydrogen (secondary N) is 3. The molecule has 0 unspecified atom stereocenters. The highest BCUT2D eigenvalue weighted by Gasteiger charge is 2.38. The van der Waals surface area contributed by atoms with Gasteiger partial charge in [0.25, 0.3) is 0 Å². The lowest BCUT2D eigenvalue weighted by Gasteiger charge is -2.19. The zero-order valence-electron chi connectivity index (χ0n) is 24.1. The number of anilines is 2. The van der Waals surface area contributed by atoms with E-state index in [0.29, 0.717) is 36.2 Å².